The van der Waals surface area contributed by atoms with E-state index in [0.717, 1.165) is 24.3 Å². The summed E-state index contributed by atoms with van der Waals surface area (Å²) in [5, 5.41) is 10.0. The monoisotopic (exact) mass is 300 g/mol. The van der Waals surface area contributed by atoms with E-state index < -0.39 is 0 Å². The Morgan fingerprint density at radius 2 is 1.86 bits per heavy atom. The molecule has 120 valence electrons. The Bertz CT molecular complexity index is 493. The average Bonchev–Trinajstić information content (AvgIpc) is 2.94. The minimum Gasteiger partial charge on any atom is -0.396 e. The first-order valence-electron chi connectivity index (χ1n) is 8.93. The van der Waals surface area contributed by atoms with Crippen LogP contribution in [0.3, 0.4) is 0 Å². The Kier molecular flexibility index (Phi) is 3.97. The summed E-state index contributed by atoms with van der Waals surface area (Å²) >= 11 is 0. The molecule has 3 fully saturated rings. The molecule has 22 heavy (non-hydrogen) atoms. The predicted molar refractivity (Wildman–Crippen MR) is 88.5 cm³/mol. The van der Waals surface area contributed by atoms with Crippen molar-refractivity contribution in [3.63, 3.8) is 0 Å². The first-order valence-corrected chi connectivity index (χ1v) is 8.93. The lowest BCUT2D eigenvalue weighted by Crippen LogP contribution is -2.41. The molecule has 1 heterocycles. The molecule has 2 aliphatic carbocycles. The minimum atomic E-state index is 0.275. The molecule has 3 nitrogen and oxygen atoms in total. The Labute approximate surface area is 133 Å². The standard InChI is InChI=1S/C19H28N2O/c20-9-15-16-10-21(11-17(15)16)19-8-4-7-14(19)18(12-22)13-5-2-1-3-6-13/h1-3,5-6,14-19,22H,4,7-12,20H2. The molecule has 0 radical (unpaired) electrons. The van der Waals surface area contributed by atoms with Gasteiger partial charge in [0.25, 0.3) is 0 Å². The highest BCUT2D eigenvalue weighted by atomic mass is 16.3. The van der Waals surface area contributed by atoms with Crippen LogP contribution < -0.4 is 5.73 Å². The van der Waals surface area contributed by atoms with Crippen molar-refractivity contribution in [1.29, 1.82) is 0 Å². The maximum Gasteiger partial charge on any atom is 0.0503 e. The van der Waals surface area contributed by atoms with E-state index in [-0.39, 0.29) is 6.61 Å². The molecule has 3 N–H and O–H groups in total. The van der Waals surface area contributed by atoms with Crippen LogP contribution in [0, 0.1) is 23.7 Å². The number of nitrogens with two attached hydrogens (primary N) is 1. The quantitative estimate of drug-likeness (QED) is 0.875. The van der Waals surface area contributed by atoms with Crippen molar-refractivity contribution in [2.24, 2.45) is 29.4 Å². The highest BCUT2D eigenvalue weighted by molar-refractivity contribution is 5.22. The highest BCUT2D eigenvalue weighted by Crippen LogP contribution is 2.53. The van der Waals surface area contributed by atoms with Crippen molar-refractivity contribution >= 4 is 0 Å². The van der Waals surface area contributed by atoms with Crippen LogP contribution in [0.15, 0.2) is 30.3 Å². The second-order valence-electron chi connectivity index (χ2n) is 7.54. The molecule has 2 saturated carbocycles. The zero-order chi connectivity index (χ0) is 15.1. The second-order valence-corrected chi connectivity index (χ2v) is 7.54. The van der Waals surface area contributed by atoms with Crippen LogP contribution in [0.4, 0.5) is 0 Å². The van der Waals surface area contributed by atoms with Crippen LogP contribution in [0.5, 0.6) is 0 Å². The van der Waals surface area contributed by atoms with Gasteiger partial charge in [0, 0.05) is 25.0 Å². The molecule has 1 aromatic rings. The Morgan fingerprint density at radius 1 is 1.14 bits per heavy atom. The van der Waals surface area contributed by atoms with E-state index in [1.54, 1.807) is 0 Å². The Hall–Kier alpha value is -0.900. The van der Waals surface area contributed by atoms with Crippen molar-refractivity contribution in [3.05, 3.63) is 35.9 Å². The van der Waals surface area contributed by atoms with E-state index in [1.165, 1.54) is 37.9 Å². The zero-order valence-electron chi connectivity index (χ0n) is 13.3. The number of piperidine rings is 1. The van der Waals surface area contributed by atoms with Gasteiger partial charge >= 0.3 is 0 Å². The summed E-state index contributed by atoms with van der Waals surface area (Å²) in [4.78, 5) is 2.73. The number of nitrogens with zero attached hydrogens (tertiary/aromatic N) is 1. The highest BCUT2D eigenvalue weighted by Gasteiger charge is 2.56. The number of aliphatic hydroxyl groups excluding tert-OH is 1. The summed E-state index contributed by atoms with van der Waals surface area (Å²) in [7, 11) is 0. The summed E-state index contributed by atoms with van der Waals surface area (Å²) in [6.07, 6.45) is 3.88. The van der Waals surface area contributed by atoms with Crippen molar-refractivity contribution in [2.75, 3.05) is 26.2 Å². The normalized spacial score (nSPS) is 38.9. The minimum absolute atomic E-state index is 0.275. The van der Waals surface area contributed by atoms with Crippen LogP contribution >= 0.6 is 0 Å². The van der Waals surface area contributed by atoms with Gasteiger partial charge in [0.2, 0.25) is 0 Å². The molecule has 3 heteroatoms. The number of rotatable bonds is 5. The third kappa shape index (κ3) is 2.40. The van der Waals surface area contributed by atoms with E-state index in [4.69, 9.17) is 5.73 Å². The third-order valence-electron chi connectivity index (χ3n) is 6.61. The van der Waals surface area contributed by atoms with Gasteiger partial charge in [-0.2, -0.15) is 0 Å². The maximum atomic E-state index is 10.0. The summed E-state index contributed by atoms with van der Waals surface area (Å²) in [6, 6.07) is 11.3. The zero-order valence-corrected chi connectivity index (χ0v) is 13.3. The van der Waals surface area contributed by atoms with Gasteiger partial charge in [-0.3, -0.25) is 4.90 Å². The van der Waals surface area contributed by atoms with Gasteiger partial charge in [-0.25, -0.2) is 0 Å². The number of hydrogen-bond acceptors (Lipinski definition) is 3. The lowest BCUT2D eigenvalue weighted by atomic mass is 9.82. The van der Waals surface area contributed by atoms with Gasteiger partial charge in [-0.1, -0.05) is 36.8 Å². The molecule has 0 spiro atoms. The van der Waals surface area contributed by atoms with Gasteiger partial charge in [0.1, 0.15) is 0 Å². The van der Waals surface area contributed by atoms with E-state index in [0.29, 0.717) is 17.9 Å². The van der Waals surface area contributed by atoms with E-state index >= 15 is 0 Å². The van der Waals surface area contributed by atoms with Crippen molar-refractivity contribution in [2.45, 2.75) is 31.2 Å². The molecule has 4 rings (SSSR count). The van der Waals surface area contributed by atoms with Crippen LogP contribution in [-0.4, -0.2) is 42.3 Å². The number of likely N-dealkylation sites (tertiary alicyclic amines) is 1. The smallest absolute Gasteiger partial charge is 0.0503 e. The van der Waals surface area contributed by atoms with Gasteiger partial charge in [0.15, 0.2) is 0 Å². The van der Waals surface area contributed by atoms with Crippen LogP contribution in [-0.2, 0) is 0 Å². The van der Waals surface area contributed by atoms with E-state index in [2.05, 4.69) is 35.2 Å². The molecule has 3 aliphatic rings. The van der Waals surface area contributed by atoms with Gasteiger partial charge in [-0.05, 0) is 48.6 Å². The van der Waals surface area contributed by atoms with Crippen LogP contribution in [0.2, 0.25) is 0 Å². The molecule has 0 aromatic heterocycles. The van der Waals surface area contributed by atoms with Gasteiger partial charge in [0.05, 0.1) is 6.61 Å². The molecule has 1 aromatic carbocycles. The lowest BCUT2D eigenvalue weighted by molar-refractivity contribution is 0.130. The summed E-state index contributed by atoms with van der Waals surface area (Å²) < 4.78 is 0. The first kappa shape index (κ1) is 14.7. The second kappa shape index (κ2) is 5.95. The molecule has 1 aliphatic heterocycles. The van der Waals surface area contributed by atoms with E-state index in [1.807, 2.05) is 0 Å². The Morgan fingerprint density at radius 3 is 2.50 bits per heavy atom. The van der Waals surface area contributed by atoms with Crippen LogP contribution in [0.25, 0.3) is 0 Å². The molecule has 1 saturated heterocycles. The molecular formula is C19H28N2O. The summed E-state index contributed by atoms with van der Waals surface area (Å²) in [5.41, 5.74) is 7.16. The molecule has 5 atom stereocenters. The number of benzene rings is 1. The third-order valence-corrected chi connectivity index (χ3v) is 6.61. The molecule has 5 unspecified atom stereocenters. The summed E-state index contributed by atoms with van der Waals surface area (Å²) in [5.74, 6) is 3.46. The van der Waals surface area contributed by atoms with Gasteiger partial charge < -0.3 is 10.8 Å². The van der Waals surface area contributed by atoms with Gasteiger partial charge in [-0.15, -0.1) is 0 Å². The largest absolute Gasteiger partial charge is 0.396 e. The molecule has 0 amide bonds. The number of fused-ring (bicyclic) bond motifs is 1. The Balaban J connectivity index is 1.47. The first-order chi connectivity index (χ1) is 10.8. The fourth-order valence-electron chi connectivity index (χ4n) is 5.38. The molecule has 0 bridgehead atoms. The van der Waals surface area contributed by atoms with Crippen molar-refractivity contribution < 1.29 is 5.11 Å². The SMILES string of the molecule is NCC1C2CN(C3CCCC3C(CO)c3ccccc3)CC12. The maximum absolute atomic E-state index is 10.0. The van der Waals surface area contributed by atoms with E-state index in [9.17, 15) is 5.11 Å². The fraction of sp³-hybridized carbons (Fsp3) is 0.684. The van der Waals surface area contributed by atoms with Crippen molar-refractivity contribution in [3.8, 4) is 0 Å². The number of hydrogen-bond donors (Lipinski definition) is 2. The lowest BCUT2D eigenvalue weighted by Gasteiger charge is -2.35. The fourth-order valence-corrected chi connectivity index (χ4v) is 5.38. The molecular weight excluding hydrogens is 272 g/mol. The summed E-state index contributed by atoms with van der Waals surface area (Å²) in [6.45, 7) is 3.65. The average molecular weight is 300 g/mol. The topological polar surface area (TPSA) is 49.5 Å². The van der Waals surface area contributed by atoms with Crippen molar-refractivity contribution in [1.82, 2.24) is 4.90 Å². The predicted octanol–water partition coefficient (Wildman–Crippen LogP) is 2.07. The number of aliphatic hydroxyl groups is 1. The van der Waals surface area contributed by atoms with Crippen LogP contribution in [0.1, 0.15) is 30.7 Å².